The standard InChI is InChI=1S/C18H22N4O/c1-13(2)18(23)22-9-3-4-15(11-22)17-16(10-20-12-21-17)14-5-7-19-8-6-14/h5-8,10,12-13,15H,3-4,9,11H2,1-2H3/t15-/m0/s1. The summed E-state index contributed by atoms with van der Waals surface area (Å²) in [5, 5.41) is 0. The molecule has 3 rings (SSSR count). The van der Waals surface area contributed by atoms with Crippen molar-refractivity contribution in [2.75, 3.05) is 13.1 Å². The van der Waals surface area contributed by atoms with Gasteiger partial charge in [-0.05, 0) is 30.5 Å². The Kier molecular flexibility index (Phi) is 4.65. The zero-order chi connectivity index (χ0) is 16.2. The SMILES string of the molecule is CC(C)C(=O)N1CCC[C@H](c2ncncc2-c2ccncc2)C1. The summed E-state index contributed by atoms with van der Waals surface area (Å²) in [4.78, 5) is 27.1. The van der Waals surface area contributed by atoms with Crippen LogP contribution in [0.5, 0.6) is 0 Å². The average Bonchev–Trinajstić information content (AvgIpc) is 2.62. The first-order chi connectivity index (χ1) is 11.2. The second-order valence-corrected chi connectivity index (χ2v) is 6.34. The van der Waals surface area contributed by atoms with E-state index in [0.29, 0.717) is 0 Å². The molecular formula is C18H22N4O. The van der Waals surface area contributed by atoms with E-state index in [-0.39, 0.29) is 17.7 Å². The van der Waals surface area contributed by atoms with Crippen molar-refractivity contribution in [3.63, 3.8) is 0 Å². The molecule has 0 radical (unpaired) electrons. The van der Waals surface area contributed by atoms with E-state index in [9.17, 15) is 4.79 Å². The van der Waals surface area contributed by atoms with Gasteiger partial charge in [0.05, 0.1) is 5.69 Å². The van der Waals surface area contributed by atoms with Gasteiger partial charge in [-0.1, -0.05) is 13.8 Å². The molecule has 1 atom stereocenters. The molecular weight excluding hydrogens is 288 g/mol. The highest BCUT2D eigenvalue weighted by Crippen LogP contribution is 2.32. The summed E-state index contributed by atoms with van der Waals surface area (Å²) in [6.45, 7) is 5.51. The molecule has 2 aromatic heterocycles. The van der Waals surface area contributed by atoms with Gasteiger partial charge >= 0.3 is 0 Å². The highest BCUT2D eigenvalue weighted by Gasteiger charge is 2.28. The van der Waals surface area contributed by atoms with Gasteiger partial charge in [-0.25, -0.2) is 9.97 Å². The van der Waals surface area contributed by atoms with Crippen LogP contribution in [0.15, 0.2) is 37.1 Å². The average molecular weight is 310 g/mol. The Morgan fingerprint density at radius 3 is 2.78 bits per heavy atom. The summed E-state index contributed by atoms with van der Waals surface area (Å²) in [5.41, 5.74) is 3.15. The molecule has 0 aromatic carbocycles. The van der Waals surface area contributed by atoms with Crippen molar-refractivity contribution in [2.24, 2.45) is 5.92 Å². The Labute approximate surface area is 136 Å². The van der Waals surface area contributed by atoms with Crippen LogP contribution in [0.4, 0.5) is 0 Å². The van der Waals surface area contributed by atoms with Crippen molar-refractivity contribution in [1.29, 1.82) is 0 Å². The van der Waals surface area contributed by atoms with Crippen LogP contribution in [0.2, 0.25) is 0 Å². The molecule has 23 heavy (non-hydrogen) atoms. The molecule has 0 bridgehead atoms. The molecule has 0 N–H and O–H groups in total. The quantitative estimate of drug-likeness (QED) is 0.874. The van der Waals surface area contributed by atoms with Gasteiger partial charge in [0.15, 0.2) is 0 Å². The van der Waals surface area contributed by atoms with Gasteiger partial charge in [-0.3, -0.25) is 9.78 Å². The van der Waals surface area contributed by atoms with E-state index in [4.69, 9.17) is 0 Å². The molecule has 120 valence electrons. The van der Waals surface area contributed by atoms with Crippen molar-refractivity contribution in [3.8, 4) is 11.1 Å². The normalized spacial score (nSPS) is 18.2. The number of carbonyl (C=O) groups is 1. The number of nitrogens with zero attached hydrogens (tertiary/aromatic N) is 4. The van der Waals surface area contributed by atoms with Crippen LogP contribution < -0.4 is 0 Å². The van der Waals surface area contributed by atoms with E-state index < -0.39 is 0 Å². The fourth-order valence-corrected chi connectivity index (χ4v) is 3.18. The number of pyridine rings is 1. The number of carbonyl (C=O) groups excluding carboxylic acids is 1. The Morgan fingerprint density at radius 2 is 2.04 bits per heavy atom. The first-order valence-corrected chi connectivity index (χ1v) is 8.16. The lowest BCUT2D eigenvalue weighted by molar-refractivity contribution is -0.135. The third-order valence-electron chi connectivity index (χ3n) is 4.35. The number of piperidine rings is 1. The maximum Gasteiger partial charge on any atom is 0.225 e. The third kappa shape index (κ3) is 3.38. The summed E-state index contributed by atoms with van der Waals surface area (Å²) in [6, 6.07) is 3.95. The molecule has 0 spiro atoms. The van der Waals surface area contributed by atoms with Crippen LogP contribution in [0.3, 0.4) is 0 Å². The second-order valence-electron chi connectivity index (χ2n) is 6.34. The Bertz CT molecular complexity index is 672. The Balaban J connectivity index is 1.89. The van der Waals surface area contributed by atoms with E-state index in [1.165, 1.54) is 0 Å². The summed E-state index contributed by atoms with van der Waals surface area (Å²) in [6.07, 6.45) is 9.09. The van der Waals surface area contributed by atoms with Crippen molar-refractivity contribution < 1.29 is 4.79 Å². The van der Waals surface area contributed by atoms with Crippen LogP contribution in [-0.2, 0) is 4.79 Å². The van der Waals surface area contributed by atoms with Crippen molar-refractivity contribution in [1.82, 2.24) is 19.9 Å². The minimum atomic E-state index is 0.0406. The fourth-order valence-electron chi connectivity index (χ4n) is 3.18. The minimum Gasteiger partial charge on any atom is -0.342 e. The van der Waals surface area contributed by atoms with Crippen molar-refractivity contribution in [2.45, 2.75) is 32.6 Å². The highest BCUT2D eigenvalue weighted by molar-refractivity contribution is 5.78. The molecule has 1 saturated heterocycles. The van der Waals surface area contributed by atoms with Gasteiger partial charge in [-0.2, -0.15) is 0 Å². The van der Waals surface area contributed by atoms with E-state index in [0.717, 1.165) is 42.8 Å². The van der Waals surface area contributed by atoms with Crippen LogP contribution in [0.25, 0.3) is 11.1 Å². The summed E-state index contributed by atoms with van der Waals surface area (Å²) < 4.78 is 0. The number of likely N-dealkylation sites (tertiary alicyclic amines) is 1. The number of hydrogen-bond acceptors (Lipinski definition) is 4. The highest BCUT2D eigenvalue weighted by atomic mass is 16.2. The van der Waals surface area contributed by atoms with Gasteiger partial charge in [0.2, 0.25) is 5.91 Å². The van der Waals surface area contributed by atoms with Crippen LogP contribution in [0.1, 0.15) is 38.3 Å². The first-order valence-electron chi connectivity index (χ1n) is 8.16. The predicted molar refractivity (Wildman–Crippen MR) is 88.7 cm³/mol. The second kappa shape index (κ2) is 6.86. The van der Waals surface area contributed by atoms with E-state index >= 15 is 0 Å². The van der Waals surface area contributed by atoms with Gasteiger partial charge in [0.1, 0.15) is 6.33 Å². The van der Waals surface area contributed by atoms with Gasteiger partial charge < -0.3 is 4.90 Å². The lowest BCUT2D eigenvalue weighted by Gasteiger charge is -2.34. The van der Waals surface area contributed by atoms with Crippen LogP contribution >= 0.6 is 0 Å². The fraction of sp³-hybridized carbons (Fsp3) is 0.444. The summed E-state index contributed by atoms with van der Waals surface area (Å²) in [5.74, 6) is 0.533. The van der Waals surface area contributed by atoms with Crippen LogP contribution in [0, 0.1) is 5.92 Å². The molecule has 1 aliphatic rings. The summed E-state index contributed by atoms with van der Waals surface area (Å²) in [7, 11) is 0. The Hall–Kier alpha value is -2.30. The van der Waals surface area contributed by atoms with E-state index in [1.54, 1.807) is 18.7 Å². The molecule has 0 saturated carbocycles. The molecule has 5 nitrogen and oxygen atoms in total. The molecule has 1 amide bonds. The molecule has 0 unspecified atom stereocenters. The van der Waals surface area contributed by atoms with E-state index in [1.807, 2.05) is 37.1 Å². The largest absolute Gasteiger partial charge is 0.342 e. The molecule has 0 aliphatic carbocycles. The zero-order valence-corrected chi connectivity index (χ0v) is 13.6. The van der Waals surface area contributed by atoms with Gasteiger partial charge in [0.25, 0.3) is 0 Å². The maximum absolute atomic E-state index is 12.3. The zero-order valence-electron chi connectivity index (χ0n) is 13.6. The lowest BCUT2D eigenvalue weighted by atomic mass is 9.89. The van der Waals surface area contributed by atoms with Gasteiger partial charge in [-0.15, -0.1) is 0 Å². The first kappa shape index (κ1) is 15.6. The molecule has 2 aromatic rings. The monoisotopic (exact) mass is 310 g/mol. The topological polar surface area (TPSA) is 59.0 Å². The number of hydrogen-bond donors (Lipinski definition) is 0. The smallest absolute Gasteiger partial charge is 0.225 e. The maximum atomic E-state index is 12.3. The van der Waals surface area contributed by atoms with Gasteiger partial charge in [0, 0.05) is 49.1 Å². The predicted octanol–water partition coefficient (Wildman–Crippen LogP) is 2.90. The molecule has 1 aliphatic heterocycles. The summed E-state index contributed by atoms with van der Waals surface area (Å²) >= 11 is 0. The minimum absolute atomic E-state index is 0.0406. The lowest BCUT2D eigenvalue weighted by Crippen LogP contribution is -2.41. The molecule has 5 heteroatoms. The van der Waals surface area contributed by atoms with Crippen molar-refractivity contribution >= 4 is 5.91 Å². The molecule has 1 fully saturated rings. The van der Waals surface area contributed by atoms with E-state index in [2.05, 4.69) is 15.0 Å². The number of amides is 1. The Morgan fingerprint density at radius 1 is 1.26 bits per heavy atom. The third-order valence-corrected chi connectivity index (χ3v) is 4.35. The van der Waals surface area contributed by atoms with Crippen molar-refractivity contribution in [3.05, 3.63) is 42.7 Å². The number of aromatic nitrogens is 3. The van der Waals surface area contributed by atoms with Crippen LogP contribution in [-0.4, -0.2) is 38.8 Å². The number of rotatable bonds is 3. The molecule has 3 heterocycles.